The van der Waals surface area contributed by atoms with Gasteiger partial charge in [0.15, 0.2) is 0 Å². The van der Waals surface area contributed by atoms with Gasteiger partial charge in [-0.1, -0.05) is 0 Å². The molecule has 1 aliphatic heterocycles. The molecular weight excluding hydrogens is 320 g/mol. The minimum atomic E-state index is -3.73. The number of sulfonamides is 1. The van der Waals surface area contributed by atoms with Crippen LogP contribution in [0.4, 0.5) is 0 Å². The van der Waals surface area contributed by atoms with Crippen LogP contribution in [-0.4, -0.2) is 55.0 Å². The third kappa shape index (κ3) is 4.14. The van der Waals surface area contributed by atoms with Crippen molar-refractivity contribution in [1.82, 2.24) is 10.0 Å². The molecule has 1 aliphatic rings. The van der Waals surface area contributed by atoms with Crippen LogP contribution in [0.3, 0.4) is 0 Å². The van der Waals surface area contributed by atoms with Crippen molar-refractivity contribution in [3.8, 4) is 11.5 Å². The topological polar surface area (TPSA) is 85.9 Å². The van der Waals surface area contributed by atoms with E-state index in [9.17, 15) is 8.42 Å². The van der Waals surface area contributed by atoms with Crippen LogP contribution >= 0.6 is 0 Å². The summed E-state index contributed by atoms with van der Waals surface area (Å²) in [6, 6.07) is 4.68. The molecule has 1 saturated heterocycles. The van der Waals surface area contributed by atoms with Crippen molar-refractivity contribution >= 4 is 10.0 Å². The molecule has 23 heavy (non-hydrogen) atoms. The first-order valence-corrected chi connectivity index (χ1v) is 8.90. The maximum Gasteiger partial charge on any atom is 0.244 e. The molecule has 1 unspecified atom stereocenters. The highest BCUT2D eigenvalue weighted by molar-refractivity contribution is 7.89. The van der Waals surface area contributed by atoms with Crippen LogP contribution in [0.1, 0.15) is 12.8 Å². The number of methoxy groups -OCH3 is 3. The first kappa shape index (κ1) is 18.0. The number of ether oxygens (including phenoxy) is 3. The highest BCUT2D eigenvalue weighted by Crippen LogP contribution is 2.28. The number of rotatable bonds is 8. The minimum Gasteiger partial charge on any atom is -0.497 e. The quantitative estimate of drug-likeness (QED) is 0.724. The summed E-state index contributed by atoms with van der Waals surface area (Å²) < 4.78 is 43.5. The zero-order valence-corrected chi connectivity index (χ0v) is 14.5. The van der Waals surface area contributed by atoms with E-state index in [1.165, 1.54) is 20.3 Å². The Labute approximate surface area is 137 Å². The summed E-state index contributed by atoms with van der Waals surface area (Å²) in [5.74, 6) is 0.732. The van der Waals surface area contributed by atoms with Gasteiger partial charge >= 0.3 is 0 Å². The summed E-state index contributed by atoms with van der Waals surface area (Å²) >= 11 is 0. The van der Waals surface area contributed by atoms with E-state index < -0.39 is 10.0 Å². The molecule has 7 nitrogen and oxygen atoms in total. The summed E-state index contributed by atoms with van der Waals surface area (Å²) in [5, 5.41) is 3.34. The average molecular weight is 344 g/mol. The maximum absolute atomic E-state index is 12.7. The lowest BCUT2D eigenvalue weighted by Crippen LogP contribution is -2.52. The highest BCUT2D eigenvalue weighted by Gasteiger charge is 2.35. The number of hydrogen-bond acceptors (Lipinski definition) is 6. The standard InChI is InChI=1S/C15H24N2O5S/c1-20-11-15(7-4-8-16-15)10-17-23(18,19)14-9-12(21-2)5-6-13(14)22-3/h5-6,9,16-17H,4,7-8,10-11H2,1-3H3. The molecule has 1 fully saturated rings. The van der Waals surface area contributed by atoms with Crippen molar-refractivity contribution in [2.75, 3.05) is 41.0 Å². The van der Waals surface area contributed by atoms with Gasteiger partial charge in [0, 0.05) is 19.7 Å². The van der Waals surface area contributed by atoms with E-state index in [2.05, 4.69) is 10.0 Å². The van der Waals surface area contributed by atoms with Gasteiger partial charge in [0.25, 0.3) is 0 Å². The van der Waals surface area contributed by atoms with Crippen molar-refractivity contribution < 1.29 is 22.6 Å². The Morgan fingerprint density at radius 2 is 2.04 bits per heavy atom. The molecule has 130 valence electrons. The second-order valence-corrected chi connectivity index (χ2v) is 7.32. The molecule has 0 aromatic heterocycles. The van der Waals surface area contributed by atoms with Crippen LogP contribution in [0, 0.1) is 0 Å². The fourth-order valence-electron chi connectivity index (χ4n) is 2.78. The van der Waals surface area contributed by atoms with Crippen molar-refractivity contribution in [3.05, 3.63) is 18.2 Å². The molecule has 1 aromatic carbocycles. The van der Waals surface area contributed by atoms with Gasteiger partial charge in [0.05, 0.1) is 26.4 Å². The molecule has 2 N–H and O–H groups in total. The Balaban J connectivity index is 2.21. The molecule has 0 saturated carbocycles. The van der Waals surface area contributed by atoms with Crippen molar-refractivity contribution in [2.45, 2.75) is 23.3 Å². The Hall–Kier alpha value is -1.35. The van der Waals surface area contributed by atoms with Gasteiger partial charge in [-0.2, -0.15) is 0 Å². The highest BCUT2D eigenvalue weighted by atomic mass is 32.2. The molecule has 1 aromatic rings. The lowest BCUT2D eigenvalue weighted by Gasteiger charge is -2.29. The van der Waals surface area contributed by atoms with Gasteiger partial charge in [0.2, 0.25) is 10.0 Å². The molecule has 8 heteroatoms. The average Bonchev–Trinajstić information content (AvgIpc) is 3.02. The van der Waals surface area contributed by atoms with Gasteiger partial charge < -0.3 is 19.5 Å². The maximum atomic E-state index is 12.7. The zero-order chi connectivity index (χ0) is 16.9. The molecule has 2 rings (SSSR count). The van der Waals surface area contributed by atoms with Gasteiger partial charge in [-0.25, -0.2) is 13.1 Å². The van der Waals surface area contributed by atoms with Crippen LogP contribution in [0.15, 0.2) is 23.1 Å². The summed E-state index contributed by atoms with van der Waals surface area (Å²) in [7, 11) is 0.806. The van der Waals surface area contributed by atoms with Gasteiger partial charge in [0.1, 0.15) is 16.4 Å². The first-order valence-electron chi connectivity index (χ1n) is 7.42. The second-order valence-electron chi connectivity index (χ2n) is 5.59. The van der Waals surface area contributed by atoms with Crippen LogP contribution < -0.4 is 19.5 Å². The molecule has 0 radical (unpaired) electrons. The van der Waals surface area contributed by atoms with E-state index in [0.29, 0.717) is 12.4 Å². The molecule has 0 aliphatic carbocycles. The van der Waals surface area contributed by atoms with E-state index >= 15 is 0 Å². The SMILES string of the molecule is COCC1(CNS(=O)(=O)c2cc(OC)ccc2OC)CCCN1. The van der Waals surface area contributed by atoms with Crippen molar-refractivity contribution in [1.29, 1.82) is 0 Å². The predicted octanol–water partition coefficient (Wildman–Crippen LogP) is 0.751. The number of hydrogen-bond donors (Lipinski definition) is 2. The van der Waals surface area contributed by atoms with Crippen LogP contribution in [0.25, 0.3) is 0 Å². The fraction of sp³-hybridized carbons (Fsp3) is 0.600. The van der Waals surface area contributed by atoms with Gasteiger partial charge in [-0.3, -0.25) is 0 Å². The van der Waals surface area contributed by atoms with Crippen LogP contribution in [0.5, 0.6) is 11.5 Å². The van der Waals surface area contributed by atoms with Crippen molar-refractivity contribution in [2.24, 2.45) is 0 Å². The lowest BCUT2D eigenvalue weighted by atomic mass is 9.99. The summed E-state index contributed by atoms with van der Waals surface area (Å²) in [6.45, 7) is 1.56. The minimum absolute atomic E-state index is 0.0601. The van der Waals surface area contributed by atoms with Crippen LogP contribution in [-0.2, 0) is 14.8 Å². The smallest absolute Gasteiger partial charge is 0.244 e. The normalized spacial score (nSPS) is 21.3. The second kappa shape index (κ2) is 7.48. The monoisotopic (exact) mass is 344 g/mol. The number of benzene rings is 1. The Morgan fingerprint density at radius 3 is 2.61 bits per heavy atom. The van der Waals surface area contributed by atoms with Gasteiger partial charge in [-0.15, -0.1) is 0 Å². The summed E-state index contributed by atoms with van der Waals surface area (Å²) in [5.41, 5.74) is -0.367. The van der Waals surface area contributed by atoms with Crippen molar-refractivity contribution in [3.63, 3.8) is 0 Å². The largest absolute Gasteiger partial charge is 0.497 e. The number of nitrogens with one attached hydrogen (secondary N) is 2. The Bertz CT molecular complexity index is 627. The first-order chi connectivity index (χ1) is 11.0. The Morgan fingerprint density at radius 1 is 1.26 bits per heavy atom. The molecule has 0 bridgehead atoms. The van der Waals surface area contributed by atoms with E-state index in [1.807, 2.05) is 0 Å². The lowest BCUT2D eigenvalue weighted by molar-refractivity contribution is 0.122. The molecule has 1 atom stereocenters. The molecule has 0 spiro atoms. The third-order valence-corrected chi connectivity index (χ3v) is 5.44. The fourth-order valence-corrected chi connectivity index (χ4v) is 4.08. The van der Waals surface area contributed by atoms with Crippen LogP contribution in [0.2, 0.25) is 0 Å². The van der Waals surface area contributed by atoms with E-state index in [0.717, 1.165) is 19.4 Å². The van der Waals surface area contributed by atoms with E-state index in [4.69, 9.17) is 14.2 Å². The van der Waals surface area contributed by atoms with E-state index in [-0.39, 0.29) is 22.7 Å². The predicted molar refractivity (Wildman–Crippen MR) is 86.6 cm³/mol. The Kier molecular flexibility index (Phi) is 5.85. The van der Waals surface area contributed by atoms with Gasteiger partial charge in [-0.05, 0) is 31.5 Å². The zero-order valence-electron chi connectivity index (χ0n) is 13.7. The third-order valence-electron chi connectivity index (χ3n) is 4.01. The van der Waals surface area contributed by atoms with E-state index in [1.54, 1.807) is 19.2 Å². The molecule has 0 amide bonds. The molecular formula is C15H24N2O5S. The molecule has 1 heterocycles. The summed E-state index contributed by atoms with van der Waals surface area (Å²) in [4.78, 5) is 0.0601. The summed E-state index contributed by atoms with van der Waals surface area (Å²) in [6.07, 6.45) is 1.85.